The molecule has 0 heterocycles. The van der Waals surface area contributed by atoms with Crippen LogP contribution >= 0.6 is 11.8 Å². The first-order valence-corrected chi connectivity index (χ1v) is 4.87. The molecule has 0 saturated carbocycles. The minimum Gasteiger partial charge on any atom is -0.391 e. The average molecular weight is 184 g/mol. The molecule has 0 radical (unpaired) electrons. The third kappa shape index (κ3) is 5.22. The Kier molecular flexibility index (Phi) is 6.91. The Balaban J connectivity index is 4.04. The largest absolute Gasteiger partial charge is 0.391 e. The van der Waals surface area contributed by atoms with Gasteiger partial charge in [-0.15, -0.1) is 11.8 Å². The van der Waals surface area contributed by atoms with E-state index in [-0.39, 0.29) is 6.61 Å². The highest BCUT2D eigenvalue weighted by atomic mass is 32.2. The van der Waals surface area contributed by atoms with Crippen LogP contribution in [0.3, 0.4) is 0 Å². The summed E-state index contributed by atoms with van der Waals surface area (Å²) in [5.74, 6) is 0. The first-order valence-electron chi connectivity index (χ1n) is 3.99. The van der Waals surface area contributed by atoms with Gasteiger partial charge in [-0.05, 0) is 18.8 Å². The van der Waals surface area contributed by atoms with Crippen LogP contribution in [-0.4, -0.2) is 11.7 Å². The molecule has 1 N–H and O–H groups in total. The molecule has 0 aliphatic carbocycles. The van der Waals surface area contributed by atoms with Crippen molar-refractivity contribution in [3.63, 3.8) is 0 Å². The Morgan fingerprint density at radius 3 is 2.67 bits per heavy atom. The van der Waals surface area contributed by atoms with E-state index in [1.54, 1.807) is 17.8 Å². The maximum Gasteiger partial charge on any atom is 0.0743 e. The van der Waals surface area contributed by atoms with Crippen LogP contribution in [0.25, 0.3) is 0 Å². The Morgan fingerprint density at radius 2 is 2.25 bits per heavy atom. The van der Waals surface area contributed by atoms with Crippen molar-refractivity contribution in [1.29, 1.82) is 0 Å². The van der Waals surface area contributed by atoms with Gasteiger partial charge in [-0.1, -0.05) is 31.2 Å². The normalized spacial score (nSPS) is 13.2. The topological polar surface area (TPSA) is 20.2 Å². The molecule has 0 unspecified atom stereocenters. The summed E-state index contributed by atoms with van der Waals surface area (Å²) in [5.41, 5.74) is 1.32. The van der Waals surface area contributed by atoms with Crippen LogP contribution in [0.1, 0.15) is 20.3 Å². The fourth-order valence-corrected chi connectivity index (χ4v) is 1.29. The van der Waals surface area contributed by atoms with E-state index in [2.05, 4.69) is 25.8 Å². The predicted molar refractivity (Wildman–Crippen MR) is 57.0 cm³/mol. The quantitative estimate of drug-likeness (QED) is 0.662. The third-order valence-electron chi connectivity index (χ3n) is 1.43. The van der Waals surface area contributed by atoms with E-state index in [0.29, 0.717) is 0 Å². The molecule has 0 saturated heterocycles. The number of aliphatic hydroxyl groups is 1. The van der Waals surface area contributed by atoms with E-state index in [1.807, 2.05) is 6.08 Å². The lowest BCUT2D eigenvalue weighted by Crippen LogP contribution is -1.82. The SMILES string of the molecule is C=C/C=C(\CO)S/C=C(\C)CC. The summed E-state index contributed by atoms with van der Waals surface area (Å²) < 4.78 is 0. The zero-order valence-corrected chi connectivity index (χ0v) is 8.53. The second-order valence-electron chi connectivity index (χ2n) is 2.46. The van der Waals surface area contributed by atoms with Gasteiger partial charge in [0.15, 0.2) is 0 Å². The third-order valence-corrected chi connectivity index (χ3v) is 2.52. The standard InChI is InChI=1S/C10H16OS/c1-4-6-10(7-11)12-8-9(3)5-2/h4,6,8,11H,1,5,7H2,2-3H3/b9-8+,10-6+. The van der Waals surface area contributed by atoms with E-state index >= 15 is 0 Å². The second kappa shape index (κ2) is 7.19. The molecule has 0 aliphatic rings. The lowest BCUT2D eigenvalue weighted by atomic mass is 10.3. The first kappa shape index (κ1) is 11.5. The van der Waals surface area contributed by atoms with Crippen LogP contribution in [0, 0.1) is 0 Å². The van der Waals surface area contributed by atoms with Gasteiger partial charge in [-0.2, -0.15) is 0 Å². The van der Waals surface area contributed by atoms with Crippen molar-refractivity contribution in [3.05, 3.63) is 34.6 Å². The summed E-state index contributed by atoms with van der Waals surface area (Å²) in [7, 11) is 0. The molecule has 0 atom stereocenters. The minimum atomic E-state index is 0.0875. The number of rotatable bonds is 5. The van der Waals surface area contributed by atoms with Gasteiger partial charge in [-0.3, -0.25) is 0 Å². The Bertz CT molecular complexity index is 192. The summed E-state index contributed by atoms with van der Waals surface area (Å²) in [5, 5.41) is 10.9. The first-order chi connectivity index (χ1) is 5.74. The molecule has 0 spiro atoms. The monoisotopic (exact) mass is 184 g/mol. The summed E-state index contributed by atoms with van der Waals surface area (Å²) in [6.45, 7) is 7.85. The molecule has 12 heavy (non-hydrogen) atoms. The maximum absolute atomic E-state index is 8.88. The van der Waals surface area contributed by atoms with Crippen molar-refractivity contribution >= 4 is 11.8 Å². The van der Waals surface area contributed by atoms with E-state index in [0.717, 1.165) is 11.3 Å². The molecule has 0 aliphatic heterocycles. The molecule has 0 aromatic rings. The molecular formula is C10H16OS. The van der Waals surface area contributed by atoms with E-state index in [9.17, 15) is 0 Å². The smallest absolute Gasteiger partial charge is 0.0743 e. The number of allylic oxidation sites excluding steroid dienone is 3. The molecule has 1 nitrogen and oxygen atoms in total. The van der Waals surface area contributed by atoms with Gasteiger partial charge >= 0.3 is 0 Å². The summed E-state index contributed by atoms with van der Waals surface area (Å²) in [6.07, 6.45) is 4.57. The Labute approximate surface area is 78.9 Å². The van der Waals surface area contributed by atoms with E-state index < -0.39 is 0 Å². The van der Waals surface area contributed by atoms with Crippen molar-refractivity contribution in [2.45, 2.75) is 20.3 Å². The molecule has 0 amide bonds. The maximum atomic E-state index is 8.88. The van der Waals surface area contributed by atoms with Crippen molar-refractivity contribution in [1.82, 2.24) is 0 Å². The van der Waals surface area contributed by atoms with Crippen LogP contribution in [-0.2, 0) is 0 Å². The minimum absolute atomic E-state index is 0.0875. The van der Waals surface area contributed by atoms with Crippen molar-refractivity contribution < 1.29 is 5.11 Å². The summed E-state index contributed by atoms with van der Waals surface area (Å²) >= 11 is 1.56. The summed E-state index contributed by atoms with van der Waals surface area (Å²) in [6, 6.07) is 0. The van der Waals surface area contributed by atoms with Gasteiger partial charge in [0.1, 0.15) is 0 Å². The van der Waals surface area contributed by atoms with Crippen LogP contribution in [0.4, 0.5) is 0 Å². The van der Waals surface area contributed by atoms with Gasteiger partial charge in [0.05, 0.1) is 6.61 Å². The van der Waals surface area contributed by atoms with Gasteiger partial charge in [0.25, 0.3) is 0 Å². The Morgan fingerprint density at radius 1 is 1.58 bits per heavy atom. The molecule has 0 aromatic carbocycles. The molecule has 0 fully saturated rings. The number of thioether (sulfide) groups is 1. The number of hydrogen-bond donors (Lipinski definition) is 1. The fourth-order valence-electron chi connectivity index (χ4n) is 0.520. The molecule has 0 bridgehead atoms. The molecule has 68 valence electrons. The lowest BCUT2D eigenvalue weighted by molar-refractivity contribution is 0.339. The number of hydrogen-bond acceptors (Lipinski definition) is 2. The van der Waals surface area contributed by atoms with Crippen molar-refractivity contribution in [2.75, 3.05) is 6.61 Å². The van der Waals surface area contributed by atoms with Gasteiger partial charge in [-0.25, -0.2) is 0 Å². The highest BCUT2D eigenvalue weighted by molar-refractivity contribution is 8.05. The van der Waals surface area contributed by atoms with Gasteiger partial charge in [0, 0.05) is 4.91 Å². The highest BCUT2D eigenvalue weighted by Crippen LogP contribution is 2.19. The van der Waals surface area contributed by atoms with E-state index in [4.69, 9.17) is 5.11 Å². The summed E-state index contributed by atoms with van der Waals surface area (Å²) in [4.78, 5) is 0.929. The van der Waals surface area contributed by atoms with Crippen LogP contribution in [0.5, 0.6) is 0 Å². The van der Waals surface area contributed by atoms with E-state index in [1.165, 1.54) is 5.57 Å². The van der Waals surface area contributed by atoms with Crippen molar-refractivity contribution in [2.24, 2.45) is 0 Å². The van der Waals surface area contributed by atoms with Crippen molar-refractivity contribution in [3.8, 4) is 0 Å². The Hall–Kier alpha value is -0.470. The molecule has 0 aromatic heterocycles. The van der Waals surface area contributed by atoms with Gasteiger partial charge in [0.2, 0.25) is 0 Å². The van der Waals surface area contributed by atoms with Crippen LogP contribution < -0.4 is 0 Å². The zero-order valence-electron chi connectivity index (χ0n) is 7.71. The fraction of sp³-hybridized carbons (Fsp3) is 0.400. The molecule has 2 heteroatoms. The van der Waals surface area contributed by atoms with Crippen LogP contribution in [0.2, 0.25) is 0 Å². The predicted octanol–water partition coefficient (Wildman–Crippen LogP) is 3.10. The van der Waals surface area contributed by atoms with Gasteiger partial charge < -0.3 is 5.11 Å². The zero-order chi connectivity index (χ0) is 9.40. The molecule has 0 rings (SSSR count). The second-order valence-corrected chi connectivity index (χ2v) is 3.46. The molecular weight excluding hydrogens is 168 g/mol. The average Bonchev–Trinajstić information content (AvgIpc) is 2.11. The highest BCUT2D eigenvalue weighted by Gasteiger charge is 1.91. The van der Waals surface area contributed by atoms with Crippen LogP contribution in [0.15, 0.2) is 34.6 Å². The number of aliphatic hydroxyl groups excluding tert-OH is 1. The lowest BCUT2D eigenvalue weighted by Gasteiger charge is -1.98.